The van der Waals surface area contributed by atoms with Gasteiger partial charge in [-0.15, -0.1) is 11.4 Å². The van der Waals surface area contributed by atoms with Gasteiger partial charge in [0, 0.05) is 36.1 Å². The number of nitrogens with zero attached hydrogens (tertiary/aromatic N) is 2. The van der Waals surface area contributed by atoms with E-state index in [1.165, 1.54) is 78.1 Å². The minimum atomic E-state index is -1.39. The van der Waals surface area contributed by atoms with Gasteiger partial charge < -0.3 is 16.9 Å². The minimum Gasteiger partial charge on any atom is -1.00 e. The Kier molecular flexibility index (Phi) is 23.4. The molecule has 0 unspecified atom stereocenters. The molecule has 0 radical (unpaired) electrons. The summed E-state index contributed by atoms with van der Waals surface area (Å²) in [5.74, 6) is 0. The first-order valence-electron chi connectivity index (χ1n) is 19.1. The molecule has 0 aromatic heterocycles. The van der Waals surface area contributed by atoms with E-state index in [9.17, 15) is 4.80 Å². The van der Waals surface area contributed by atoms with Gasteiger partial charge in [-0.3, -0.25) is 0 Å². The van der Waals surface area contributed by atoms with Gasteiger partial charge in [0.1, 0.15) is 0 Å². The van der Waals surface area contributed by atoms with E-state index in [1.54, 1.807) is 13.1 Å². The van der Waals surface area contributed by atoms with Gasteiger partial charge in [-0.05, 0) is 120 Å². The third-order valence-corrected chi connectivity index (χ3v) is 8.70. The summed E-state index contributed by atoms with van der Waals surface area (Å²) in [6.07, 6.45) is 4.22. The van der Waals surface area contributed by atoms with Crippen molar-refractivity contribution in [1.29, 1.82) is 0 Å². The minimum absolute atomic E-state index is 0. The predicted octanol–water partition coefficient (Wildman–Crippen LogP) is 9.32. The number of allylic oxidation sites excluding steroid dienone is 4. The van der Waals surface area contributed by atoms with Crippen LogP contribution < -0.4 is 14.8 Å². The predicted molar refractivity (Wildman–Crippen MR) is 250 cm³/mol. The zero-order valence-corrected chi connectivity index (χ0v) is 42.1. The normalized spacial score (nSPS) is 11.8. The molecular weight excluding hydrogens is 725 g/mol. The van der Waals surface area contributed by atoms with Crippen LogP contribution in [0.25, 0.3) is 10.6 Å². The third-order valence-electron chi connectivity index (χ3n) is 8.70. The Hall–Kier alpha value is -2.99. The molecule has 0 heterocycles. The fourth-order valence-electron chi connectivity index (χ4n) is 6.96. The van der Waals surface area contributed by atoms with Gasteiger partial charge in [0.05, 0.1) is 0 Å². The Morgan fingerprint density at radius 3 is 0.875 bits per heavy atom. The topological polar surface area (TPSA) is 79.2 Å². The van der Waals surface area contributed by atoms with Crippen LogP contribution in [0, 0.1) is 83.1 Å². The molecule has 4 rings (SSSR count). The summed E-state index contributed by atoms with van der Waals surface area (Å²) in [6.45, 7) is 37.4. The van der Waals surface area contributed by atoms with E-state index in [1.807, 2.05) is 0 Å². The molecule has 4 aromatic rings. The van der Waals surface area contributed by atoms with E-state index in [4.69, 9.17) is 10.6 Å². The molecule has 0 amide bonds. The number of aryl methyl sites for hydroxylation is 12. The van der Waals surface area contributed by atoms with E-state index in [2.05, 4.69) is 181 Å². The molecule has 0 bridgehead atoms. The Morgan fingerprint density at radius 2 is 0.661 bits per heavy atom. The van der Waals surface area contributed by atoms with Gasteiger partial charge in [0.2, 0.25) is 11.4 Å². The molecule has 0 saturated carbocycles. The second kappa shape index (κ2) is 24.7. The fourth-order valence-corrected chi connectivity index (χ4v) is 6.96. The molecule has 0 aliphatic rings. The monoisotopic (exact) mass is 792 g/mol. The van der Waals surface area contributed by atoms with Crippen molar-refractivity contribution in [3.63, 3.8) is 0 Å². The molecule has 0 fully saturated rings. The summed E-state index contributed by atoms with van der Waals surface area (Å²) in [7, 11) is -1.39. The first-order chi connectivity index (χ1) is 25.1. The van der Waals surface area contributed by atoms with Crippen LogP contribution in [-0.2, 0) is 0 Å². The molecule has 0 aliphatic heterocycles. The van der Waals surface area contributed by atoms with E-state index in [0.29, 0.717) is 0 Å². The van der Waals surface area contributed by atoms with Gasteiger partial charge in [0.15, 0.2) is 11.4 Å². The van der Waals surface area contributed by atoms with Crippen molar-refractivity contribution in [3.05, 3.63) is 149 Å². The zero-order chi connectivity index (χ0) is 41.0. The average Bonchev–Trinajstić information content (AvgIpc) is 3.00. The molecule has 2 N–H and O–H groups in total. The molecule has 292 valence electrons. The average molecular weight is 794 g/mol. The molecule has 0 spiro atoms. The second-order valence-electron chi connectivity index (χ2n) is 15.5. The Bertz CT molecular complexity index is 1840. The third kappa shape index (κ3) is 17.7. The van der Waals surface area contributed by atoms with Crippen molar-refractivity contribution in [3.8, 4) is 0 Å². The van der Waals surface area contributed by atoms with Gasteiger partial charge in [-0.25, -0.2) is 9.98 Å². The van der Waals surface area contributed by atoms with Crippen LogP contribution in [0.15, 0.2) is 72.1 Å². The van der Waals surface area contributed by atoms with Crippen molar-refractivity contribution in [2.24, 2.45) is 0 Å². The smallest absolute Gasteiger partial charge is 1.00 e. The largest absolute Gasteiger partial charge is 2.00 e. The molecule has 0 aliphatic carbocycles. The summed E-state index contributed by atoms with van der Waals surface area (Å²) >= 11 is 0. The standard InChI is InChI=1S/2C23H29N2.C2H7OSi.2Mg.H/c2*1-14-9-16(3)22(17(4)10-14)24-20(7)13-21(8)25-23-18(5)11-15(2)12-19(23)6;1-4(2)3;;;/h2*9-13H,1-8H3;4H,1-2H3;;;/q3*-1;2*+2;-1/p+2/b2*20-13-,25-21?;;;;. The van der Waals surface area contributed by atoms with E-state index < -0.39 is 9.04 Å². The molecular formula is C48H68Mg2N4OSi+2. The number of hydrogen-bond donors (Lipinski definition) is 2. The van der Waals surface area contributed by atoms with Crippen LogP contribution in [0.1, 0.15) is 95.9 Å². The summed E-state index contributed by atoms with van der Waals surface area (Å²) in [6, 6.07) is 17.6. The van der Waals surface area contributed by atoms with E-state index >= 15 is 0 Å². The molecule has 4 aromatic carbocycles. The second-order valence-corrected chi connectivity index (χ2v) is 17.6. The molecule has 0 atom stereocenters. The van der Waals surface area contributed by atoms with Gasteiger partial charge in [-0.2, -0.15) is 11.4 Å². The van der Waals surface area contributed by atoms with Crippen molar-refractivity contribution in [2.75, 3.05) is 0 Å². The van der Waals surface area contributed by atoms with Crippen molar-refractivity contribution in [1.82, 2.24) is 0 Å². The summed E-state index contributed by atoms with van der Waals surface area (Å²) in [4.78, 5) is 16.7. The van der Waals surface area contributed by atoms with Gasteiger partial charge in [0.25, 0.3) is 0 Å². The zero-order valence-electron chi connectivity index (χ0n) is 39.1. The van der Waals surface area contributed by atoms with Crippen LogP contribution >= 0.6 is 0 Å². The van der Waals surface area contributed by atoms with Crippen molar-refractivity contribution < 1.29 is 16.2 Å². The van der Waals surface area contributed by atoms with Crippen LogP contribution in [0.4, 0.5) is 22.7 Å². The summed E-state index contributed by atoms with van der Waals surface area (Å²) in [5.41, 5.74) is 23.9. The van der Waals surface area contributed by atoms with Gasteiger partial charge in [-0.1, -0.05) is 105 Å². The maximum atomic E-state index is 9.67. The quantitative estimate of drug-likeness (QED) is 0.135. The van der Waals surface area contributed by atoms with Crippen LogP contribution in [0.3, 0.4) is 0 Å². The number of hydrogen-bond acceptors (Lipinski definition) is 1. The molecule has 5 nitrogen and oxygen atoms in total. The molecule has 56 heavy (non-hydrogen) atoms. The Balaban J connectivity index is 0. The van der Waals surface area contributed by atoms with Crippen molar-refractivity contribution >= 4 is 89.3 Å². The summed E-state index contributed by atoms with van der Waals surface area (Å²) < 4.78 is 0. The SMILES string of the molecule is CC(/C=C(/C)[N-]c1c(C)cc(C)cc1C)=[NH+]c1c(C)cc(C)cc1C.CC(/C=C(/C)[N-]c1c(C)cc(C)cc1C)=[NH+]c1c(C)cc(C)cc1C.C[SiH](C)[O-].[H-].[Mg+2].[Mg+2]. The molecule has 8 heteroatoms. The Morgan fingerprint density at radius 1 is 0.464 bits per heavy atom. The van der Waals surface area contributed by atoms with Gasteiger partial charge >= 0.3 is 46.1 Å². The first kappa shape index (κ1) is 53.0. The van der Waals surface area contributed by atoms with Crippen LogP contribution in [0.2, 0.25) is 13.1 Å². The fraction of sp³-hybridized carbons (Fsp3) is 0.375. The molecule has 0 saturated heterocycles. The maximum Gasteiger partial charge on any atom is 2.00 e. The Labute approximate surface area is 376 Å². The summed E-state index contributed by atoms with van der Waals surface area (Å²) in [5, 5.41) is 9.68. The van der Waals surface area contributed by atoms with Crippen LogP contribution in [-0.4, -0.2) is 66.6 Å². The van der Waals surface area contributed by atoms with Crippen LogP contribution in [0.5, 0.6) is 0 Å². The maximum absolute atomic E-state index is 9.67. The number of rotatable bonds is 8. The number of benzene rings is 4. The van der Waals surface area contributed by atoms with Crippen molar-refractivity contribution in [2.45, 2.75) is 124 Å². The first-order valence-corrected chi connectivity index (χ1v) is 21.8. The number of nitrogens with one attached hydrogen (secondary N) is 2. The van der Waals surface area contributed by atoms with E-state index in [-0.39, 0.29) is 47.5 Å². The van der Waals surface area contributed by atoms with E-state index in [0.717, 1.165) is 34.2 Å².